The Hall–Kier alpha value is -0.640. The number of nitrogens with one attached hydrogen (secondary N) is 1. The van der Waals surface area contributed by atoms with Gasteiger partial charge in [-0.05, 0) is 30.2 Å². The lowest BCUT2D eigenvalue weighted by Crippen LogP contribution is -2.26. The average Bonchev–Trinajstić information content (AvgIpc) is 2.23. The van der Waals surface area contributed by atoms with E-state index >= 15 is 0 Å². The zero-order valence-corrected chi connectivity index (χ0v) is 10.4. The van der Waals surface area contributed by atoms with Crippen LogP contribution in [0.15, 0.2) is 18.2 Å². The molecule has 1 N–H and O–H groups in total. The fourth-order valence-corrected chi connectivity index (χ4v) is 1.67. The molecule has 0 aliphatic rings. The number of ether oxygens (including phenoxy) is 1. The number of aryl methyl sites for hydroxylation is 1. The van der Waals surface area contributed by atoms with E-state index in [1.807, 2.05) is 6.92 Å². The van der Waals surface area contributed by atoms with Crippen LogP contribution in [0.1, 0.15) is 11.1 Å². The second-order valence-corrected chi connectivity index (χ2v) is 4.37. The van der Waals surface area contributed by atoms with Crippen molar-refractivity contribution in [3.8, 4) is 0 Å². The van der Waals surface area contributed by atoms with Crippen LogP contribution >= 0.6 is 11.6 Å². The molecular formula is C12H17ClFNO. The van der Waals surface area contributed by atoms with Crippen molar-refractivity contribution >= 4 is 11.6 Å². The quantitative estimate of drug-likeness (QED) is 0.778. The summed E-state index contributed by atoms with van der Waals surface area (Å²) in [7, 11) is 1.62. The zero-order chi connectivity index (χ0) is 12.0. The first-order valence-electron chi connectivity index (χ1n) is 5.22. The highest BCUT2D eigenvalue weighted by Crippen LogP contribution is 2.09. The van der Waals surface area contributed by atoms with E-state index < -0.39 is 0 Å². The fraction of sp³-hybridized carbons (Fsp3) is 0.500. The molecule has 1 aromatic carbocycles. The Kier molecular flexibility index (Phi) is 5.74. The van der Waals surface area contributed by atoms with Crippen molar-refractivity contribution in [2.45, 2.75) is 18.8 Å². The predicted octanol–water partition coefficient (Wildman–Crippen LogP) is 2.48. The minimum atomic E-state index is -0.207. The summed E-state index contributed by atoms with van der Waals surface area (Å²) >= 11 is 5.96. The third-order valence-electron chi connectivity index (χ3n) is 2.34. The fourth-order valence-electron chi connectivity index (χ4n) is 1.43. The Morgan fingerprint density at radius 3 is 2.94 bits per heavy atom. The minimum Gasteiger partial charge on any atom is -0.383 e. The summed E-state index contributed by atoms with van der Waals surface area (Å²) in [6, 6.07) is 4.79. The zero-order valence-electron chi connectivity index (χ0n) is 9.59. The Morgan fingerprint density at radius 1 is 1.50 bits per heavy atom. The molecule has 1 atom stereocenters. The SMILES string of the molecule is COCC(Cl)CNCc1cc(F)ccc1C. The van der Waals surface area contributed by atoms with Crippen molar-refractivity contribution in [3.63, 3.8) is 0 Å². The lowest BCUT2D eigenvalue weighted by atomic mass is 10.1. The van der Waals surface area contributed by atoms with Gasteiger partial charge in [-0.1, -0.05) is 6.07 Å². The van der Waals surface area contributed by atoms with Gasteiger partial charge in [0.15, 0.2) is 0 Å². The molecule has 0 bridgehead atoms. The summed E-state index contributed by atoms with van der Waals surface area (Å²) in [6.45, 7) is 3.74. The molecule has 90 valence electrons. The van der Waals surface area contributed by atoms with Crippen molar-refractivity contribution in [3.05, 3.63) is 35.1 Å². The largest absolute Gasteiger partial charge is 0.383 e. The molecule has 2 nitrogen and oxygen atoms in total. The summed E-state index contributed by atoms with van der Waals surface area (Å²) in [5.74, 6) is -0.207. The normalized spacial score (nSPS) is 12.8. The molecule has 0 aliphatic heterocycles. The van der Waals surface area contributed by atoms with Crippen LogP contribution < -0.4 is 5.32 Å². The summed E-state index contributed by atoms with van der Waals surface area (Å²) in [4.78, 5) is 0. The predicted molar refractivity (Wildman–Crippen MR) is 64.4 cm³/mol. The molecule has 0 fully saturated rings. The topological polar surface area (TPSA) is 21.3 Å². The second kappa shape index (κ2) is 6.84. The van der Waals surface area contributed by atoms with E-state index in [-0.39, 0.29) is 11.2 Å². The number of methoxy groups -OCH3 is 1. The molecule has 1 aromatic rings. The molecule has 0 spiro atoms. The van der Waals surface area contributed by atoms with Gasteiger partial charge in [-0.15, -0.1) is 11.6 Å². The number of benzene rings is 1. The van der Waals surface area contributed by atoms with Gasteiger partial charge in [-0.25, -0.2) is 4.39 Å². The highest BCUT2D eigenvalue weighted by Gasteiger charge is 2.04. The summed E-state index contributed by atoms with van der Waals surface area (Å²) in [5, 5.41) is 3.12. The second-order valence-electron chi connectivity index (χ2n) is 3.75. The highest BCUT2D eigenvalue weighted by atomic mass is 35.5. The van der Waals surface area contributed by atoms with E-state index in [9.17, 15) is 4.39 Å². The molecule has 0 amide bonds. The maximum atomic E-state index is 13.0. The van der Waals surface area contributed by atoms with Gasteiger partial charge in [0.1, 0.15) is 5.82 Å². The molecular weight excluding hydrogens is 229 g/mol. The van der Waals surface area contributed by atoms with Gasteiger partial charge in [-0.2, -0.15) is 0 Å². The van der Waals surface area contributed by atoms with E-state index in [2.05, 4.69) is 5.32 Å². The van der Waals surface area contributed by atoms with E-state index in [0.717, 1.165) is 11.1 Å². The molecule has 0 saturated heterocycles. The molecule has 0 saturated carbocycles. The maximum absolute atomic E-state index is 13.0. The molecule has 0 heterocycles. The maximum Gasteiger partial charge on any atom is 0.123 e. The molecule has 4 heteroatoms. The molecule has 0 aliphatic carbocycles. The van der Waals surface area contributed by atoms with E-state index in [0.29, 0.717) is 19.7 Å². The first kappa shape index (κ1) is 13.4. The van der Waals surface area contributed by atoms with E-state index in [1.54, 1.807) is 19.2 Å². The first-order chi connectivity index (χ1) is 7.63. The third-order valence-corrected chi connectivity index (χ3v) is 2.62. The number of halogens is 2. The smallest absolute Gasteiger partial charge is 0.123 e. The van der Waals surface area contributed by atoms with Crippen molar-refractivity contribution in [2.75, 3.05) is 20.3 Å². The minimum absolute atomic E-state index is 0.0566. The van der Waals surface area contributed by atoms with Crippen LogP contribution in [0.5, 0.6) is 0 Å². The van der Waals surface area contributed by atoms with Gasteiger partial charge in [-0.3, -0.25) is 0 Å². The standard InChI is InChI=1S/C12H17ClFNO/c1-9-3-4-12(14)5-10(9)6-15-7-11(13)8-16-2/h3-5,11,15H,6-8H2,1-2H3. The van der Waals surface area contributed by atoms with Crippen LogP contribution in [0.4, 0.5) is 4.39 Å². The number of hydrogen-bond acceptors (Lipinski definition) is 2. The molecule has 1 rings (SSSR count). The molecule has 1 unspecified atom stereocenters. The van der Waals surface area contributed by atoms with Gasteiger partial charge in [0.2, 0.25) is 0 Å². The van der Waals surface area contributed by atoms with Crippen molar-refractivity contribution in [1.29, 1.82) is 0 Å². The van der Waals surface area contributed by atoms with Crippen LogP contribution in [0.2, 0.25) is 0 Å². The average molecular weight is 246 g/mol. The molecule has 0 radical (unpaired) electrons. The van der Waals surface area contributed by atoms with Gasteiger partial charge < -0.3 is 10.1 Å². The van der Waals surface area contributed by atoms with Crippen LogP contribution in [0.3, 0.4) is 0 Å². The number of rotatable bonds is 6. The Bertz CT molecular complexity index is 333. The molecule has 16 heavy (non-hydrogen) atoms. The van der Waals surface area contributed by atoms with Crippen LogP contribution in [-0.2, 0) is 11.3 Å². The van der Waals surface area contributed by atoms with Crippen molar-refractivity contribution in [1.82, 2.24) is 5.32 Å². The van der Waals surface area contributed by atoms with E-state index in [4.69, 9.17) is 16.3 Å². The first-order valence-corrected chi connectivity index (χ1v) is 5.66. The van der Waals surface area contributed by atoms with Crippen molar-refractivity contribution in [2.24, 2.45) is 0 Å². The van der Waals surface area contributed by atoms with Crippen LogP contribution in [0, 0.1) is 12.7 Å². The Morgan fingerprint density at radius 2 is 2.25 bits per heavy atom. The Balaban J connectivity index is 2.39. The lowest BCUT2D eigenvalue weighted by molar-refractivity contribution is 0.197. The van der Waals surface area contributed by atoms with Crippen molar-refractivity contribution < 1.29 is 9.13 Å². The summed E-state index contributed by atoms with van der Waals surface area (Å²) in [6.07, 6.45) is 0. The third kappa shape index (κ3) is 4.47. The Labute approximate surface area is 101 Å². The van der Waals surface area contributed by atoms with Crippen LogP contribution in [0.25, 0.3) is 0 Å². The van der Waals surface area contributed by atoms with Gasteiger partial charge in [0, 0.05) is 20.2 Å². The lowest BCUT2D eigenvalue weighted by Gasteiger charge is -2.11. The van der Waals surface area contributed by atoms with Crippen LogP contribution in [-0.4, -0.2) is 25.6 Å². The van der Waals surface area contributed by atoms with Gasteiger partial charge >= 0.3 is 0 Å². The summed E-state index contributed by atoms with van der Waals surface area (Å²) < 4.78 is 17.9. The summed E-state index contributed by atoms with van der Waals surface area (Å²) in [5.41, 5.74) is 2.04. The monoisotopic (exact) mass is 245 g/mol. The highest BCUT2D eigenvalue weighted by molar-refractivity contribution is 6.20. The number of hydrogen-bond donors (Lipinski definition) is 1. The number of alkyl halides is 1. The van der Waals surface area contributed by atoms with Gasteiger partial charge in [0.05, 0.1) is 12.0 Å². The van der Waals surface area contributed by atoms with E-state index in [1.165, 1.54) is 6.07 Å². The van der Waals surface area contributed by atoms with Gasteiger partial charge in [0.25, 0.3) is 0 Å². The molecule has 0 aromatic heterocycles.